The van der Waals surface area contributed by atoms with Crippen LogP contribution < -0.4 is 0 Å². The SMILES string of the molecule is N#CC1CCCCN1C(=O)c1ccc(I)cc1. The van der Waals surface area contributed by atoms with Gasteiger partial charge in [0.05, 0.1) is 6.07 Å². The number of nitriles is 1. The highest BCUT2D eigenvalue weighted by Gasteiger charge is 2.26. The molecule has 0 aromatic heterocycles. The molecule has 0 aliphatic carbocycles. The summed E-state index contributed by atoms with van der Waals surface area (Å²) in [6.45, 7) is 0.697. The topological polar surface area (TPSA) is 44.1 Å². The van der Waals surface area contributed by atoms with Gasteiger partial charge in [-0.15, -0.1) is 0 Å². The molecule has 1 unspecified atom stereocenters. The first kappa shape index (κ1) is 12.4. The van der Waals surface area contributed by atoms with Crippen LogP contribution in [0.3, 0.4) is 0 Å². The number of likely N-dealkylation sites (tertiary alicyclic amines) is 1. The van der Waals surface area contributed by atoms with Crippen LogP contribution in [-0.2, 0) is 0 Å². The molecule has 1 fully saturated rings. The van der Waals surface area contributed by atoms with Crippen LogP contribution in [0.15, 0.2) is 24.3 Å². The minimum absolute atomic E-state index is 0.0207. The number of hydrogen-bond donors (Lipinski definition) is 0. The molecule has 17 heavy (non-hydrogen) atoms. The van der Waals surface area contributed by atoms with E-state index in [1.807, 2.05) is 24.3 Å². The molecule has 1 aromatic carbocycles. The Hall–Kier alpha value is -1.09. The number of carbonyl (C=O) groups is 1. The van der Waals surface area contributed by atoms with E-state index >= 15 is 0 Å². The van der Waals surface area contributed by atoms with Crippen LogP contribution in [0.25, 0.3) is 0 Å². The summed E-state index contributed by atoms with van der Waals surface area (Å²) in [5, 5.41) is 9.06. The maximum Gasteiger partial charge on any atom is 0.254 e. The van der Waals surface area contributed by atoms with E-state index in [-0.39, 0.29) is 11.9 Å². The predicted octanol–water partition coefficient (Wildman–Crippen LogP) is 2.81. The quantitative estimate of drug-likeness (QED) is 0.738. The first-order valence-corrected chi connectivity index (χ1v) is 6.76. The summed E-state index contributed by atoms with van der Waals surface area (Å²) < 4.78 is 1.11. The van der Waals surface area contributed by atoms with E-state index in [1.54, 1.807) is 4.90 Å². The van der Waals surface area contributed by atoms with Crippen molar-refractivity contribution in [1.82, 2.24) is 4.90 Å². The van der Waals surface area contributed by atoms with Crippen molar-refractivity contribution in [2.45, 2.75) is 25.3 Å². The molecule has 0 bridgehead atoms. The summed E-state index contributed by atoms with van der Waals surface area (Å²) >= 11 is 2.21. The standard InChI is InChI=1S/C13H13IN2O/c14-11-6-4-10(5-7-11)13(17)16-8-2-1-3-12(16)9-15/h4-7,12H,1-3,8H2. The highest BCUT2D eigenvalue weighted by Crippen LogP contribution is 2.19. The zero-order valence-corrected chi connectivity index (χ0v) is 11.6. The Morgan fingerprint density at radius 2 is 2.06 bits per heavy atom. The third-order valence-corrected chi connectivity index (χ3v) is 3.72. The fourth-order valence-electron chi connectivity index (χ4n) is 2.07. The number of nitrogens with zero attached hydrogens (tertiary/aromatic N) is 2. The van der Waals surface area contributed by atoms with E-state index < -0.39 is 0 Å². The van der Waals surface area contributed by atoms with Gasteiger partial charge in [0, 0.05) is 15.7 Å². The van der Waals surface area contributed by atoms with Crippen molar-refractivity contribution in [2.75, 3.05) is 6.54 Å². The van der Waals surface area contributed by atoms with Crippen molar-refractivity contribution in [3.63, 3.8) is 0 Å². The molecular formula is C13H13IN2O. The fourth-order valence-corrected chi connectivity index (χ4v) is 2.43. The van der Waals surface area contributed by atoms with Gasteiger partial charge in [0.15, 0.2) is 0 Å². The summed E-state index contributed by atoms with van der Waals surface area (Å²) in [5.41, 5.74) is 0.674. The van der Waals surface area contributed by atoms with Gasteiger partial charge in [0.25, 0.3) is 5.91 Å². The van der Waals surface area contributed by atoms with Gasteiger partial charge in [0.1, 0.15) is 6.04 Å². The molecule has 3 nitrogen and oxygen atoms in total. The average molecular weight is 340 g/mol. The zero-order valence-electron chi connectivity index (χ0n) is 9.40. The van der Waals surface area contributed by atoms with Gasteiger partial charge >= 0.3 is 0 Å². The van der Waals surface area contributed by atoms with Crippen LogP contribution in [0.5, 0.6) is 0 Å². The van der Waals surface area contributed by atoms with E-state index in [0.717, 1.165) is 22.8 Å². The van der Waals surface area contributed by atoms with Crippen LogP contribution in [0.1, 0.15) is 29.6 Å². The van der Waals surface area contributed by atoms with Gasteiger partial charge in [0.2, 0.25) is 0 Å². The first-order chi connectivity index (χ1) is 8.22. The molecule has 1 saturated heterocycles. The molecule has 1 aliphatic heterocycles. The fraction of sp³-hybridized carbons (Fsp3) is 0.385. The molecule has 1 aliphatic rings. The number of carbonyl (C=O) groups excluding carboxylic acids is 1. The van der Waals surface area contributed by atoms with E-state index in [0.29, 0.717) is 12.1 Å². The molecule has 1 heterocycles. The smallest absolute Gasteiger partial charge is 0.254 e. The summed E-state index contributed by atoms with van der Waals surface area (Å²) in [4.78, 5) is 14.0. The first-order valence-electron chi connectivity index (χ1n) is 5.68. The summed E-state index contributed by atoms with van der Waals surface area (Å²) in [6, 6.07) is 9.45. The molecule has 0 N–H and O–H groups in total. The van der Waals surface area contributed by atoms with Crippen molar-refractivity contribution < 1.29 is 4.79 Å². The molecule has 0 saturated carbocycles. The van der Waals surface area contributed by atoms with E-state index in [9.17, 15) is 4.79 Å². The zero-order chi connectivity index (χ0) is 12.3. The molecule has 1 amide bonds. The lowest BCUT2D eigenvalue weighted by Gasteiger charge is -2.31. The van der Waals surface area contributed by atoms with Crippen molar-refractivity contribution in [1.29, 1.82) is 5.26 Å². The molecule has 1 aromatic rings. The largest absolute Gasteiger partial charge is 0.323 e. The minimum Gasteiger partial charge on any atom is -0.323 e. The molecule has 2 rings (SSSR count). The third kappa shape index (κ3) is 2.78. The van der Waals surface area contributed by atoms with Gasteiger partial charge in [-0.05, 0) is 66.1 Å². The maximum atomic E-state index is 12.3. The van der Waals surface area contributed by atoms with Crippen LogP contribution in [-0.4, -0.2) is 23.4 Å². The van der Waals surface area contributed by atoms with Gasteiger partial charge < -0.3 is 4.90 Å². The van der Waals surface area contributed by atoms with Crippen molar-refractivity contribution in [3.8, 4) is 6.07 Å². The van der Waals surface area contributed by atoms with Crippen molar-refractivity contribution >= 4 is 28.5 Å². The normalized spacial score (nSPS) is 19.8. The van der Waals surface area contributed by atoms with Gasteiger partial charge in [-0.2, -0.15) is 5.26 Å². The minimum atomic E-state index is -0.254. The Morgan fingerprint density at radius 3 is 2.71 bits per heavy atom. The highest BCUT2D eigenvalue weighted by atomic mass is 127. The number of piperidine rings is 1. The molecular weight excluding hydrogens is 327 g/mol. The van der Waals surface area contributed by atoms with Gasteiger partial charge in [-0.3, -0.25) is 4.79 Å². The van der Waals surface area contributed by atoms with Crippen LogP contribution in [0.2, 0.25) is 0 Å². The molecule has 0 radical (unpaired) electrons. The average Bonchev–Trinajstić information content (AvgIpc) is 2.39. The Balaban J connectivity index is 2.18. The third-order valence-electron chi connectivity index (χ3n) is 3.00. The maximum absolute atomic E-state index is 12.3. The van der Waals surface area contributed by atoms with E-state index in [4.69, 9.17) is 5.26 Å². The summed E-state index contributed by atoms with van der Waals surface area (Å²) in [5.74, 6) is -0.0207. The molecule has 88 valence electrons. The van der Waals surface area contributed by atoms with Crippen LogP contribution >= 0.6 is 22.6 Å². The number of benzene rings is 1. The summed E-state index contributed by atoms with van der Waals surface area (Å²) in [6.07, 6.45) is 2.83. The molecule has 0 spiro atoms. The van der Waals surface area contributed by atoms with Crippen molar-refractivity contribution in [2.24, 2.45) is 0 Å². The lowest BCUT2D eigenvalue weighted by molar-refractivity contribution is 0.0670. The van der Waals surface area contributed by atoms with E-state index in [2.05, 4.69) is 28.7 Å². The van der Waals surface area contributed by atoms with Crippen LogP contribution in [0.4, 0.5) is 0 Å². The number of halogens is 1. The van der Waals surface area contributed by atoms with Crippen molar-refractivity contribution in [3.05, 3.63) is 33.4 Å². The van der Waals surface area contributed by atoms with Crippen LogP contribution in [0, 0.1) is 14.9 Å². The summed E-state index contributed by atoms with van der Waals surface area (Å²) in [7, 11) is 0. The number of amides is 1. The monoisotopic (exact) mass is 340 g/mol. The van der Waals surface area contributed by atoms with Gasteiger partial charge in [-0.1, -0.05) is 0 Å². The number of hydrogen-bond acceptors (Lipinski definition) is 2. The Morgan fingerprint density at radius 1 is 1.35 bits per heavy atom. The second-order valence-electron chi connectivity index (χ2n) is 4.15. The highest BCUT2D eigenvalue weighted by molar-refractivity contribution is 14.1. The second kappa shape index (κ2) is 5.50. The Labute approximate surface area is 115 Å². The predicted molar refractivity (Wildman–Crippen MR) is 73.4 cm³/mol. The lowest BCUT2D eigenvalue weighted by Crippen LogP contribution is -2.42. The second-order valence-corrected chi connectivity index (χ2v) is 5.39. The molecule has 4 heteroatoms. The lowest BCUT2D eigenvalue weighted by atomic mass is 10.0. The van der Waals surface area contributed by atoms with Gasteiger partial charge in [-0.25, -0.2) is 0 Å². The molecule has 1 atom stereocenters. The Bertz CT molecular complexity index is 449. The van der Waals surface area contributed by atoms with E-state index in [1.165, 1.54) is 0 Å². The Kier molecular flexibility index (Phi) is 4.00. The number of rotatable bonds is 1.